The molecule has 1 aliphatic heterocycles. The summed E-state index contributed by atoms with van der Waals surface area (Å²) in [6, 6.07) is 3.97. The number of thiophene rings is 1. The molecule has 2 aromatic rings. The Morgan fingerprint density at radius 2 is 1.95 bits per heavy atom. The number of carbonyl (C=O) groups excluding carboxylic acids is 1. The molecule has 0 atom stereocenters. The lowest BCUT2D eigenvalue weighted by Crippen LogP contribution is -2.50. The first-order chi connectivity index (χ1) is 10.4. The fourth-order valence-corrected chi connectivity index (χ4v) is 4.53. The van der Waals surface area contributed by atoms with E-state index in [4.69, 9.17) is 0 Å². The largest absolute Gasteiger partial charge is 0.336 e. The van der Waals surface area contributed by atoms with E-state index in [1.54, 1.807) is 16.2 Å². The zero-order valence-electron chi connectivity index (χ0n) is 12.7. The highest BCUT2D eigenvalue weighted by Gasteiger charge is 2.28. The molecule has 2 aromatic heterocycles. The molecule has 0 saturated carbocycles. The van der Waals surface area contributed by atoms with Gasteiger partial charge in [-0.2, -0.15) is 4.31 Å². The Kier molecular flexibility index (Phi) is 4.00. The molecule has 0 spiro atoms. The molecule has 3 rings (SSSR count). The predicted octanol–water partition coefficient (Wildman–Crippen LogP) is 1.44. The lowest BCUT2D eigenvalue weighted by molar-refractivity contribution is 0.0688. The number of carbonyl (C=O) groups is 1. The first kappa shape index (κ1) is 15.5. The standard InChI is InChI=1S/C14H19N3O3S2/c1-3-17-11-4-9-21-13(11)10-12(17)14(18)15-5-7-16(8-6-15)22(2,19)20/h4,9-10H,3,5-8H2,1-2H3. The van der Waals surface area contributed by atoms with Crippen molar-refractivity contribution in [2.75, 3.05) is 32.4 Å². The molecule has 0 bridgehead atoms. The molecule has 1 aliphatic rings. The van der Waals surface area contributed by atoms with Crippen molar-refractivity contribution in [3.05, 3.63) is 23.2 Å². The van der Waals surface area contributed by atoms with Crippen LogP contribution in [0.1, 0.15) is 17.4 Å². The van der Waals surface area contributed by atoms with Crippen LogP contribution >= 0.6 is 11.3 Å². The number of aromatic nitrogens is 1. The van der Waals surface area contributed by atoms with Crippen LogP contribution in [0.3, 0.4) is 0 Å². The average Bonchev–Trinajstić information content (AvgIpc) is 3.05. The van der Waals surface area contributed by atoms with Gasteiger partial charge < -0.3 is 9.47 Å². The first-order valence-electron chi connectivity index (χ1n) is 7.23. The molecule has 0 unspecified atom stereocenters. The first-order valence-corrected chi connectivity index (χ1v) is 9.95. The molecule has 8 heteroatoms. The molecule has 1 saturated heterocycles. The van der Waals surface area contributed by atoms with E-state index < -0.39 is 10.0 Å². The Bertz CT molecular complexity index is 799. The summed E-state index contributed by atoms with van der Waals surface area (Å²) < 4.78 is 27.6. The minimum atomic E-state index is -3.17. The summed E-state index contributed by atoms with van der Waals surface area (Å²) in [5.74, 6) is -0.0154. The van der Waals surface area contributed by atoms with Gasteiger partial charge in [0.1, 0.15) is 5.69 Å². The molecule has 3 heterocycles. The second-order valence-corrected chi connectivity index (χ2v) is 8.33. The van der Waals surface area contributed by atoms with Crippen LogP contribution in [0.5, 0.6) is 0 Å². The van der Waals surface area contributed by atoms with Gasteiger partial charge in [0, 0.05) is 32.7 Å². The summed E-state index contributed by atoms with van der Waals surface area (Å²) in [5.41, 5.74) is 1.78. The number of sulfonamides is 1. The molecular formula is C14H19N3O3S2. The Morgan fingerprint density at radius 1 is 1.27 bits per heavy atom. The second kappa shape index (κ2) is 5.68. The lowest BCUT2D eigenvalue weighted by Gasteiger charge is -2.33. The third kappa shape index (κ3) is 2.66. The fraction of sp³-hybridized carbons (Fsp3) is 0.500. The van der Waals surface area contributed by atoms with Crippen LogP contribution < -0.4 is 0 Å². The topological polar surface area (TPSA) is 62.6 Å². The van der Waals surface area contributed by atoms with Gasteiger partial charge >= 0.3 is 0 Å². The van der Waals surface area contributed by atoms with Crippen molar-refractivity contribution in [1.82, 2.24) is 13.8 Å². The van der Waals surface area contributed by atoms with E-state index in [0.29, 0.717) is 31.9 Å². The predicted molar refractivity (Wildman–Crippen MR) is 87.8 cm³/mol. The molecule has 1 fully saturated rings. The molecule has 0 N–H and O–H groups in total. The number of amides is 1. The number of nitrogens with zero attached hydrogens (tertiary/aromatic N) is 3. The highest BCUT2D eigenvalue weighted by atomic mass is 32.2. The monoisotopic (exact) mass is 341 g/mol. The quantitative estimate of drug-likeness (QED) is 0.849. The third-order valence-corrected chi connectivity index (χ3v) is 6.21. The van der Waals surface area contributed by atoms with Gasteiger partial charge in [-0.25, -0.2) is 8.42 Å². The summed E-state index contributed by atoms with van der Waals surface area (Å²) >= 11 is 1.63. The van der Waals surface area contributed by atoms with Gasteiger partial charge in [-0.1, -0.05) is 0 Å². The lowest BCUT2D eigenvalue weighted by atomic mass is 10.3. The van der Waals surface area contributed by atoms with Gasteiger partial charge in [0.15, 0.2) is 0 Å². The molecule has 0 radical (unpaired) electrons. The van der Waals surface area contributed by atoms with Crippen LogP contribution in [0.2, 0.25) is 0 Å². The Hall–Kier alpha value is -1.38. The smallest absolute Gasteiger partial charge is 0.270 e. The van der Waals surface area contributed by atoms with Crippen molar-refractivity contribution in [3.8, 4) is 0 Å². The van der Waals surface area contributed by atoms with Gasteiger partial charge in [-0.05, 0) is 24.4 Å². The van der Waals surface area contributed by atoms with E-state index in [0.717, 1.165) is 16.8 Å². The van der Waals surface area contributed by atoms with Crippen LogP contribution in [0.4, 0.5) is 0 Å². The van der Waals surface area contributed by atoms with E-state index in [-0.39, 0.29) is 5.91 Å². The SMILES string of the molecule is CCn1c(C(=O)N2CCN(S(C)(=O)=O)CC2)cc2sccc21. The van der Waals surface area contributed by atoms with Crippen molar-refractivity contribution in [2.24, 2.45) is 0 Å². The van der Waals surface area contributed by atoms with Crippen molar-refractivity contribution in [3.63, 3.8) is 0 Å². The summed E-state index contributed by atoms with van der Waals surface area (Å²) in [6.45, 7) is 4.38. The van der Waals surface area contributed by atoms with Crippen LogP contribution in [0.25, 0.3) is 10.2 Å². The maximum absolute atomic E-state index is 12.7. The molecular weight excluding hydrogens is 322 g/mol. The van der Waals surface area contributed by atoms with Crippen LogP contribution in [-0.4, -0.2) is 60.5 Å². The minimum Gasteiger partial charge on any atom is -0.336 e. The Labute approximate surface area is 134 Å². The maximum Gasteiger partial charge on any atom is 0.270 e. The average molecular weight is 341 g/mol. The highest BCUT2D eigenvalue weighted by molar-refractivity contribution is 7.88. The zero-order valence-corrected chi connectivity index (χ0v) is 14.3. The second-order valence-electron chi connectivity index (χ2n) is 5.40. The Morgan fingerprint density at radius 3 is 2.55 bits per heavy atom. The van der Waals surface area contributed by atoms with Crippen LogP contribution in [0.15, 0.2) is 17.5 Å². The third-order valence-electron chi connectivity index (χ3n) is 4.05. The molecule has 22 heavy (non-hydrogen) atoms. The molecule has 0 aromatic carbocycles. The minimum absolute atomic E-state index is 0.0154. The number of hydrogen-bond donors (Lipinski definition) is 0. The van der Waals surface area contributed by atoms with Gasteiger partial charge in [0.05, 0.1) is 16.5 Å². The van der Waals surface area contributed by atoms with Crippen molar-refractivity contribution >= 4 is 37.5 Å². The van der Waals surface area contributed by atoms with E-state index in [1.807, 2.05) is 29.0 Å². The zero-order chi connectivity index (χ0) is 15.9. The van der Waals surface area contributed by atoms with Crippen molar-refractivity contribution < 1.29 is 13.2 Å². The highest BCUT2D eigenvalue weighted by Crippen LogP contribution is 2.26. The normalized spacial score (nSPS) is 17.3. The van der Waals surface area contributed by atoms with E-state index in [1.165, 1.54) is 10.6 Å². The van der Waals surface area contributed by atoms with Gasteiger partial charge in [0.2, 0.25) is 10.0 Å². The van der Waals surface area contributed by atoms with E-state index in [9.17, 15) is 13.2 Å². The summed E-state index contributed by atoms with van der Waals surface area (Å²) in [5, 5.41) is 2.02. The fourth-order valence-electron chi connectivity index (χ4n) is 2.88. The number of rotatable bonds is 3. The number of piperazine rings is 1. The molecule has 1 amide bonds. The maximum atomic E-state index is 12.7. The molecule has 6 nitrogen and oxygen atoms in total. The van der Waals surface area contributed by atoms with Gasteiger partial charge in [0.25, 0.3) is 5.91 Å². The molecule has 120 valence electrons. The summed E-state index contributed by atoms with van der Waals surface area (Å²) in [7, 11) is -3.17. The summed E-state index contributed by atoms with van der Waals surface area (Å²) in [6.07, 6.45) is 1.21. The summed E-state index contributed by atoms with van der Waals surface area (Å²) in [4.78, 5) is 14.5. The molecule has 0 aliphatic carbocycles. The number of aryl methyl sites for hydroxylation is 1. The van der Waals surface area contributed by atoms with Crippen LogP contribution in [-0.2, 0) is 16.6 Å². The van der Waals surface area contributed by atoms with Crippen LogP contribution in [0, 0.1) is 0 Å². The number of fused-ring (bicyclic) bond motifs is 1. The van der Waals surface area contributed by atoms with E-state index >= 15 is 0 Å². The van der Waals surface area contributed by atoms with Crippen molar-refractivity contribution in [2.45, 2.75) is 13.5 Å². The number of hydrogen-bond acceptors (Lipinski definition) is 4. The Balaban J connectivity index is 1.81. The van der Waals surface area contributed by atoms with Gasteiger partial charge in [-0.3, -0.25) is 4.79 Å². The van der Waals surface area contributed by atoms with E-state index in [2.05, 4.69) is 0 Å². The van der Waals surface area contributed by atoms with Gasteiger partial charge in [-0.15, -0.1) is 11.3 Å². The van der Waals surface area contributed by atoms with Crippen molar-refractivity contribution in [1.29, 1.82) is 0 Å².